The fourth-order valence-electron chi connectivity index (χ4n) is 1.89. The van der Waals surface area contributed by atoms with Crippen molar-refractivity contribution in [2.45, 2.75) is 40.2 Å². The van der Waals surface area contributed by atoms with Crippen LogP contribution in [0.4, 0.5) is 0 Å². The maximum Gasteiger partial charge on any atom is 0.0683 e. The molecule has 0 atom stereocenters. The third-order valence-corrected chi connectivity index (χ3v) is 3.02. The first-order chi connectivity index (χ1) is 8.43. The lowest BCUT2D eigenvalue weighted by atomic mass is 9.90. The molecule has 0 aliphatic rings. The van der Waals surface area contributed by atoms with Crippen LogP contribution in [0.25, 0.3) is 0 Å². The van der Waals surface area contributed by atoms with E-state index in [0.717, 1.165) is 37.3 Å². The average Bonchev–Trinajstić information content (AvgIpc) is 2.28. The molecule has 0 spiro atoms. The fourth-order valence-corrected chi connectivity index (χ4v) is 1.89. The van der Waals surface area contributed by atoms with Crippen LogP contribution in [0, 0.1) is 23.7 Å². The van der Waals surface area contributed by atoms with Gasteiger partial charge in [0.05, 0.1) is 17.2 Å². The first-order valence-electron chi connectivity index (χ1n) is 6.45. The minimum absolute atomic E-state index is 0.206. The number of hydrogen-bond donors (Lipinski definition) is 0. The van der Waals surface area contributed by atoms with E-state index in [0.29, 0.717) is 0 Å². The third kappa shape index (κ3) is 5.29. The van der Waals surface area contributed by atoms with Crippen molar-refractivity contribution < 1.29 is 0 Å². The van der Waals surface area contributed by atoms with Crippen LogP contribution in [0.5, 0.6) is 0 Å². The second-order valence-corrected chi connectivity index (χ2v) is 5.61. The predicted molar refractivity (Wildman–Crippen MR) is 73.9 cm³/mol. The Kier molecular flexibility index (Phi) is 5.30. The molecule has 3 nitrogen and oxygen atoms in total. The normalized spacial score (nSPS) is 11.6. The number of pyridine rings is 1. The van der Waals surface area contributed by atoms with Gasteiger partial charge in [0.2, 0.25) is 0 Å². The Balaban J connectivity index is 2.35. The van der Waals surface area contributed by atoms with Crippen LogP contribution < -0.4 is 0 Å². The van der Waals surface area contributed by atoms with Gasteiger partial charge in [-0.1, -0.05) is 6.07 Å². The predicted octanol–water partition coefficient (Wildman–Crippen LogP) is 3.15. The zero-order valence-electron chi connectivity index (χ0n) is 11.9. The lowest BCUT2D eigenvalue weighted by Crippen LogP contribution is -2.21. The van der Waals surface area contributed by atoms with Gasteiger partial charge in [-0.3, -0.25) is 4.98 Å². The smallest absolute Gasteiger partial charge is 0.0683 e. The van der Waals surface area contributed by atoms with Gasteiger partial charge in [-0.05, 0) is 59.3 Å². The Morgan fingerprint density at radius 2 is 2.11 bits per heavy atom. The average molecular weight is 245 g/mol. The Labute approximate surface area is 110 Å². The monoisotopic (exact) mass is 245 g/mol. The number of nitriles is 1. The maximum absolute atomic E-state index is 8.95. The summed E-state index contributed by atoms with van der Waals surface area (Å²) < 4.78 is 0. The van der Waals surface area contributed by atoms with Crippen LogP contribution in [0.3, 0.4) is 0 Å². The molecule has 0 amide bonds. The van der Waals surface area contributed by atoms with Gasteiger partial charge in [0, 0.05) is 12.2 Å². The highest BCUT2D eigenvalue weighted by Crippen LogP contribution is 2.20. The Bertz CT molecular complexity index is 418. The summed E-state index contributed by atoms with van der Waals surface area (Å²) >= 11 is 0. The highest BCUT2D eigenvalue weighted by atomic mass is 15.1. The van der Waals surface area contributed by atoms with E-state index >= 15 is 0 Å². The molecule has 98 valence electrons. The Morgan fingerprint density at radius 1 is 1.39 bits per heavy atom. The number of nitrogens with zero attached hydrogens (tertiary/aromatic N) is 3. The van der Waals surface area contributed by atoms with E-state index in [1.165, 1.54) is 0 Å². The van der Waals surface area contributed by atoms with E-state index in [1.807, 2.05) is 32.9 Å². The van der Waals surface area contributed by atoms with Gasteiger partial charge in [-0.15, -0.1) is 0 Å². The molecule has 0 aromatic carbocycles. The van der Waals surface area contributed by atoms with E-state index in [2.05, 4.69) is 29.1 Å². The van der Waals surface area contributed by atoms with Crippen molar-refractivity contribution in [1.82, 2.24) is 9.88 Å². The summed E-state index contributed by atoms with van der Waals surface area (Å²) in [5.41, 5.74) is 1.96. The molecule has 0 saturated heterocycles. The molecule has 1 aromatic rings. The van der Waals surface area contributed by atoms with Gasteiger partial charge in [0.1, 0.15) is 0 Å². The molecule has 0 bridgehead atoms. The summed E-state index contributed by atoms with van der Waals surface area (Å²) in [5, 5.41) is 8.95. The van der Waals surface area contributed by atoms with Crippen molar-refractivity contribution >= 4 is 0 Å². The zero-order valence-corrected chi connectivity index (χ0v) is 11.9. The van der Waals surface area contributed by atoms with Gasteiger partial charge in [0.25, 0.3) is 0 Å². The molecule has 1 aromatic heterocycles. The summed E-state index contributed by atoms with van der Waals surface area (Å²) in [5.74, 6) is 0. The Hall–Kier alpha value is -1.40. The van der Waals surface area contributed by atoms with E-state index in [1.54, 1.807) is 0 Å². The second kappa shape index (κ2) is 6.51. The first kappa shape index (κ1) is 14.7. The number of aryl methyl sites for hydroxylation is 1. The molecule has 0 saturated carbocycles. The van der Waals surface area contributed by atoms with Gasteiger partial charge >= 0.3 is 0 Å². The molecule has 18 heavy (non-hydrogen) atoms. The summed E-state index contributed by atoms with van der Waals surface area (Å²) in [6.45, 7) is 7.87. The molecule has 0 radical (unpaired) electrons. The molecule has 0 N–H and O–H groups in total. The lowest BCUT2D eigenvalue weighted by molar-refractivity contribution is 0.295. The van der Waals surface area contributed by atoms with Crippen molar-refractivity contribution in [3.05, 3.63) is 29.6 Å². The zero-order chi connectivity index (χ0) is 13.6. The van der Waals surface area contributed by atoms with Gasteiger partial charge in [0.15, 0.2) is 0 Å². The maximum atomic E-state index is 8.95. The van der Waals surface area contributed by atoms with Gasteiger partial charge in [-0.2, -0.15) is 5.26 Å². The molecule has 0 aliphatic carbocycles. The molecule has 3 heteroatoms. The first-order valence-corrected chi connectivity index (χ1v) is 6.45. The molecule has 1 rings (SSSR count). The van der Waals surface area contributed by atoms with Crippen LogP contribution >= 0.6 is 0 Å². The van der Waals surface area contributed by atoms with E-state index in [-0.39, 0.29) is 5.41 Å². The minimum atomic E-state index is -0.206. The quantitative estimate of drug-likeness (QED) is 0.773. The van der Waals surface area contributed by atoms with Crippen LogP contribution in [-0.2, 0) is 6.54 Å². The Morgan fingerprint density at radius 3 is 2.72 bits per heavy atom. The molecular weight excluding hydrogens is 222 g/mol. The third-order valence-electron chi connectivity index (χ3n) is 3.02. The van der Waals surface area contributed by atoms with Crippen LogP contribution in [-0.4, -0.2) is 23.5 Å². The van der Waals surface area contributed by atoms with Crippen LogP contribution in [0.15, 0.2) is 18.2 Å². The SMILES string of the molecule is Cc1cccc(CN(C)CCCC(C)(C)C#N)n1. The van der Waals surface area contributed by atoms with Crippen LogP contribution in [0.2, 0.25) is 0 Å². The highest BCUT2D eigenvalue weighted by molar-refractivity contribution is 5.09. The summed E-state index contributed by atoms with van der Waals surface area (Å²) in [7, 11) is 2.10. The molecule has 1 heterocycles. The van der Waals surface area contributed by atoms with Gasteiger partial charge in [-0.25, -0.2) is 0 Å². The van der Waals surface area contributed by atoms with E-state index in [4.69, 9.17) is 5.26 Å². The summed E-state index contributed by atoms with van der Waals surface area (Å²) in [6, 6.07) is 8.46. The highest BCUT2D eigenvalue weighted by Gasteiger charge is 2.16. The summed E-state index contributed by atoms with van der Waals surface area (Å²) in [6.07, 6.45) is 1.98. The van der Waals surface area contributed by atoms with Crippen molar-refractivity contribution in [3.8, 4) is 6.07 Å². The van der Waals surface area contributed by atoms with Crippen molar-refractivity contribution in [1.29, 1.82) is 5.26 Å². The molecule has 0 unspecified atom stereocenters. The molecule has 0 fully saturated rings. The standard InChI is InChI=1S/C15H23N3/c1-13-7-5-8-14(17-13)11-18(4)10-6-9-15(2,3)12-16/h5,7-8H,6,9-11H2,1-4H3. The van der Waals surface area contributed by atoms with Crippen molar-refractivity contribution in [2.75, 3.05) is 13.6 Å². The van der Waals surface area contributed by atoms with Gasteiger partial charge < -0.3 is 4.90 Å². The van der Waals surface area contributed by atoms with Crippen LogP contribution in [0.1, 0.15) is 38.1 Å². The fraction of sp³-hybridized carbons (Fsp3) is 0.600. The van der Waals surface area contributed by atoms with E-state index in [9.17, 15) is 0 Å². The topological polar surface area (TPSA) is 39.9 Å². The lowest BCUT2D eigenvalue weighted by Gasteiger charge is -2.19. The van der Waals surface area contributed by atoms with Crippen molar-refractivity contribution in [2.24, 2.45) is 5.41 Å². The van der Waals surface area contributed by atoms with E-state index < -0.39 is 0 Å². The largest absolute Gasteiger partial charge is 0.301 e. The molecular formula is C15H23N3. The minimum Gasteiger partial charge on any atom is -0.301 e. The van der Waals surface area contributed by atoms with Crippen molar-refractivity contribution in [3.63, 3.8) is 0 Å². The number of rotatable bonds is 6. The number of hydrogen-bond acceptors (Lipinski definition) is 3. The molecule has 0 aliphatic heterocycles. The summed E-state index contributed by atoms with van der Waals surface area (Å²) in [4.78, 5) is 6.75. The number of aromatic nitrogens is 1. The second-order valence-electron chi connectivity index (χ2n) is 5.61.